The molecule has 12 heteroatoms. The summed E-state index contributed by atoms with van der Waals surface area (Å²) in [4.78, 5) is 46.4. The Morgan fingerprint density at radius 2 is 1.68 bits per heavy atom. The van der Waals surface area contributed by atoms with Crippen molar-refractivity contribution < 1.29 is 22.8 Å². The molecule has 0 radical (unpaired) electrons. The van der Waals surface area contributed by atoms with Crippen molar-refractivity contribution >= 4 is 50.2 Å². The summed E-state index contributed by atoms with van der Waals surface area (Å²) in [6.45, 7) is 5.99. The summed E-state index contributed by atoms with van der Waals surface area (Å²) in [5.74, 6) is -1.22. The number of nitrogens with zero attached hydrogens (tertiary/aromatic N) is 2. The molecule has 2 fully saturated rings. The van der Waals surface area contributed by atoms with Crippen LogP contribution in [0.15, 0.2) is 54.6 Å². The van der Waals surface area contributed by atoms with Gasteiger partial charge in [0.2, 0.25) is 21.8 Å². The summed E-state index contributed by atoms with van der Waals surface area (Å²) < 4.78 is 27.5. The molecule has 0 saturated carbocycles. The van der Waals surface area contributed by atoms with E-state index in [2.05, 4.69) is 15.0 Å². The van der Waals surface area contributed by atoms with E-state index in [0.29, 0.717) is 35.8 Å². The van der Waals surface area contributed by atoms with Gasteiger partial charge in [-0.1, -0.05) is 68.8 Å². The molecule has 5 rings (SSSR count). The van der Waals surface area contributed by atoms with Gasteiger partial charge in [-0.15, -0.1) is 0 Å². The molecule has 218 valence electrons. The average Bonchev–Trinajstić information content (AvgIpc) is 3.65. The van der Waals surface area contributed by atoms with Crippen LogP contribution in [0.2, 0.25) is 5.02 Å². The summed E-state index contributed by atoms with van der Waals surface area (Å²) in [7, 11) is -3.78. The fourth-order valence-corrected chi connectivity index (χ4v) is 6.99. The molecule has 3 heterocycles. The number of likely N-dealkylation sites (tertiary alicyclic amines) is 2. The van der Waals surface area contributed by atoms with Gasteiger partial charge in [-0.2, -0.15) is 0 Å². The van der Waals surface area contributed by atoms with E-state index < -0.39 is 21.5 Å². The Kier molecular flexibility index (Phi) is 7.88. The van der Waals surface area contributed by atoms with E-state index >= 15 is 0 Å². The second kappa shape index (κ2) is 11.1. The first-order valence-electron chi connectivity index (χ1n) is 13.5. The zero-order chi connectivity index (χ0) is 29.5. The number of H-pyrrole nitrogens is 1. The van der Waals surface area contributed by atoms with Gasteiger partial charge in [-0.25, -0.2) is 13.1 Å². The summed E-state index contributed by atoms with van der Waals surface area (Å²) in [5, 5.41) is 4.19. The van der Waals surface area contributed by atoms with Crippen molar-refractivity contribution in [3.8, 4) is 0 Å². The molecule has 3 aromatic rings. The van der Waals surface area contributed by atoms with Crippen molar-refractivity contribution in [3.05, 3.63) is 70.9 Å². The highest BCUT2D eigenvalue weighted by Gasteiger charge is 2.49. The third-order valence-corrected chi connectivity index (χ3v) is 9.40. The number of piperazine rings is 1. The van der Waals surface area contributed by atoms with Gasteiger partial charge in [0, 0.05) is 29.0 Å². The molecule has 0 spiro atoms. The lowest BCUT2D eigenvalue weighted by atomic mass is 9.85. The molecule has 3 amide bonds. The number of para-hydroxylation sites is 1. The maximum absolute atomic E-state index is 13.8. The van der Waals surface area contributed by atoms with Crippen LogP contribution in [0.4, 0.5) is 0 Å². The third kappa shape index (κ3) is 6.27. The highest BCUT2D eigenvalue weighted by molar-refractivity contribution is 7.88. The van der Waals surface area contributed by atoms with Crippen LogP contribution in [-0.2, 0) is 25.4 Å². The maximum Gasteiger partial charge on any atom is 0.268 e. The van der Waals surface area contributed by atoms with E-state index in [0.717, 1.165) is 10.9 Å². The first-order valence-corrected chi connectivity index (χ1v) is 15.5. The minimum absolute atomic E-state index is 0.193. The molecule has 3 atom stereocenters. The van der Waals surface area contributed by atoms with Crippen LogP contribution in [0.3, 0.4) is 0 Å². The fourth-order valence-electron chi connectivity index (χ4n) is 5.61. The normalized spacial score (nSPS) is 19.5. The second-order valence-electron chi connectivity index (χ2n) is 11.8. The van der Waals surface area contributed by atoms with Crippen LogP contribution in [0, 0.1) is 5.41 Å². The first kappa shape index (κ1) is 29.1. The predicted octanol–water partition coefficient (Wildman–Crippen LogP) is 2.90. The number of fused-ring (bicyclic) bond motifs is 3. The number of rotatable bonds is 8. The standard InChI is InChI=1S/C29H34ClN5O5S/c1-29(2,3)26(33-27(37)24-12-18-8-5-7-11-23(18)32-24)28(38)35-16-20-13-21(35)15-34(20)25(36)14-31-41(39,40)17-19-9-4-6-10-22(19)30/h4-12,20-21,26,31-32H,13-17H2,1-3H3,(H,33,37)/t20-,21-,26+/m0/s1. The smallest absolute Gasteiger partial charge is 0.268 e. The van der Waals surface area contributed by atoms with Crippen molar-refractivity contribution in [3.63, 3.8) is 0 Å². The zero-order valence-electron chi connectivity index (χ0n) is 23.2. The Bertz CT molecular complexity index is 1570. The predicted molar refractivity (Wildman–Crippen MR) is 157 cm³/mol. The number of hydrogen-bond donors (Lipinski definition) is 3. The molecule has 41 heavy (non-hydrogen) atoms. The Labute approximate surface area is 244 Å². The lowest BCUT2D eigenvalue weighted by Gasteiger charge is -2.39. The average molecular weight is 600 g/mol. The van der Waals surface area contributed by atoms with Crippen molar-refractivity contribution in [2.75, 3.05) is 19.6 Å². The van der Waals surface area contributed by atoms with E-state index in [4.69, 9.17) is 11.6 Å². The maximum atomic E-state index is 13.8. The second-order valence-corrected chi connectivity index (χ2v) is 14.0. The fraction of sp³-hybridized carbons (Fsp3) is 0.414. The Morgan fingerprint density at radius 3 is 2.34 bits per heavy atom. The number of carbonyl (C=O) groups is 3. The van der Waals surface area contributed by atoms with Gasteiger partial charge in [-0.05, 0) is 35.6 Å². The van der Waals surface area contributed by atoms with Crippen LogP contribution >= 0.6 is 11.6 Å². The number of nitrogens with one attached hydrogen (secondary N) is 3. The molecule has 0 unspecified atom stereocenters. The van der Waals surface area contributed by atoms with Gasteiger partial charge in [0.05, 0.1) is 24.4 Å². The highest BCUT2D eigenvalue weighted by Crippen LogP contribution is 2.33. The summed E-state index contributed by atoms with van der Waals surface area (Å²) in [6, 6.07) is 14.8. The van der Waals surface area contributed by atoms with Crippen molar-refractivity contribution in [2.45, 2.75) is 51.1 Å². The van der Waals surface area contributed by atoms with E-state index in [-0.39, 0.29) is 42.1 Å². The topological polar surface area (TPSA) is 132 Å². The van der Waals surface area contributed by atoms with Crippen LogP contribution in [0.1, 0.15) is 43.2 Å². The first-order chi connectivity index (χ1) is 19.3. The minimum Gasteiger partial charge on any atom is -0.351 e. The summed E-state index contributed by atoms with van der Waals surface area (Å²) in [5.41, 5.74) is 1.11. The Morgan fingerprint density at radius 1 is 1.02 bits per heavy atom. The summed E-state index contributed by atoms with van der Waals surface area (Å²) >= 11 is 6.08. The Balaban J connectivity index is 1.19. The number of amides is 3. The molecule has 10 nitrogen and oxygen atoms in total. The van der Waals surface area contributed by atoms with Crippen molar-refractivity contribution in [2.24, 2.45) is 5.41 Å². The van der Waals surface area contributed by atoms with Gasteiger partial charge in [0.15, 0.2) is 0 Å². The molecule has 2 saturated heterocycles. The van der Waals surface area contributed by atoms with Gasteiger partial charge in [-0.3, -0.25) is 14.4 Å². The zero-order valence-corrected chi connectivity index (χ0v) is 24.8. The lowest BCUT2D eigenvalue weighted by Crippen LogP contribution is -2.59. The highest BCUT2D eigenvalue weighted by atomic mass is 35.5. The molecule has 1 aromatic heterocycles. The van der Waals surface area contributed by atoms with Crippen LogP contribution in [0.25, 0.3) is 10.9 Å². The number of hydrogen-bond acceptors (Lipinski definition) is 5. The molecule has 3 N–H and O–H groups in total. The van der Waals surface area contributed by atoms with E-state index in [9.17, 15) is 22.8 Å². The molecular formula is C29H34ClN5O5S. The molecule has 2 bridgehead atoms. The number of aromatic nitrogens is 1. The van der Waals surface area contributed by atoms with E-state index in [1.165, 1.54) is 0 Å². The van der Waals surface area contributed by atoms with Gasteiger partial charge in [0.1, 0.15) is 11.7 Å². The lowest BCUT2D eigenvalue weighted by molar-refractivity contribution is -0.142. The van der Waals surface area contributed by atoms with Crippen LogP contribution in [0.5, 0.6) is 0 Å². The van der Waals surface area contributed by atoms with Gasteiger partial charge in [0.25, 0.3) is 5.91 Å². The quantitative estimate of drug-likeness (QED) is 0.366. The van der Waals surface area contributed by atoms with Gasteiger partial charge < -0.3 is 20.1 Å². The number of aromatic amines is 1. The molecule has 0 aliphatic carbocycles. The molecule has 2 aliphatic rings. The molecule has 2 aromatic carbocycles. The monoisotopic (exact) mass is 599 g/mol. The van der Waals surface area contributed by atoms with Crippen molar-refractivity contribution in [1.29, 1.82) is 0 Å². The Hall–Kier alpha value is -3.41. The SMILES string of the molecule is CC(C)(C)[C@H](NC(=O)c1cc2ccccc2[nH]1)C(=O)N1C[C@@H]2C[C@H]1CN2C(=O)CNS(=O)(=O)Cc1ccccc1Cl. The number of sulfonamides is 1. The van der Waals surface area contributed by atoms with E-state index in [1.807, 2.05) is 45.0 Å². The number of carbonyl (C=O) groups excluding carboxylic acids is 3. The van der Waals surface area contributed by atoms with Crippen LogP contribution in [-0.4, -0.2) is 78.7 Å². The molecule has 2 aliphatic heterocycles. The van der Waals surface area contributed by atoms with Crippen LogP contribution < -0.4 is 10.0 Å². The number of benzene rings is 2. The van der Waals surface area contributed by atoms with Crippen molar-refractivity contribution in [1.82, 2.24) is 24.8 Å². The third-order valence-electron chi connectivity index (χ3n) is 7.75. The minimum atomic E-state index is -3.78. The summed E-state index contributed by atoms with van der Waals surface area (Å²) in [6.07, 6.45) is 0.608. The van der Waals surface area contributed by atoms with E-state index in [1.54, 1.807) is 40.1 Å². The molecular weight excluding hydrogens is 566 g/mol. The largest absolute Gasteiger partial charge is 0.351 e. The van der Waals surface area contributed by atoms with Gasteiger partial charge >= 0.3 is 0 Å². The number of halogens is 1.